The van der Waals surface area contributed by atoms with Crippen LogP contribution >= 0.6 is 48.0 Å². The molecule has 6 heteroatoms. The van der Waals surface area contributed by atoms with Crippen LogP contribution in [0.2, 0.25) is 10.0 Å². The Morgan fingerprint density at radius 2 is 1.46 bits per heavy atom. The Kier molecular flexibility index (Phi) is 8.69. The van der Waals surface area contributed by atoms with Gasteiger partial charge in [0.05, 0.1) is 10.0 Å². The van der Waals surface area contributed by atoms with Gasteiger partial charge in [0.1, 0.15) is 0 Å². The van der Waals surface area contributed by atoms with Gasteiger partial charge in [0.2, 0.25) is 0 Å². The van der Waals surface area contributed by atoms with Crippen LogP contribution in [0.5, 0.6) is 0 Å². The summed E-state index contributed by atoms with van der Waals surface area (Å²) in [5, 5.41) is 1.24. The van der Waals surface area contributed by atoms with E-state index in [1.807, 2.05) is 18.2 Å². The molecular formula is C18H22Cl4N2. The van der Waals surface area contributed by atoms with E-state index < -0.39 is 0 Å². The number of benzene rings is 2. The highest BCUT2D eigenvalue weighted by atomic mass is 35.5. The van der Waals surface area contributed by atoms with Gasteiger partial charge in [0.15, 0.2) is 0 Å². The minimum Gasteiger partial charge on any atom is -0.369 e. The smallest absolute Gasteiger partial charge is 0.0612 e. The molecule has 0 aliphatic carbocycles. The van der Waals surface area contributed by atoms with Gasteiger partial charge in [0.25, 0.3) is 0 Å². The zero-order valence-corrected chi connectivity index (χ0v) is 16.6. The molecule has 1 saturated heterocycles. The van der Waals surface area contributed by atoms with E-state index in [2.05, 4.69) is 47.1 Å². The average Bonchev–Trinajstić information content (AvgIpc) is 2.58. The molecule has 1 atom stereocenters. The van der Waals surface area contributed by atoms with Gasteiger partial charge in [-0.05, 0) is 30.7 Å². The summed E-state index contributed by atoms with van der Waals surface area (Å²) in [5.41, 5.74) is 2.53. The number of hydrogen-bond acceptors (Lipinski definition) is 2. The monoisotopic (exact) mass is 406 g/mol. The fraction of sp³-hybridized carbons (Fsp3) is 0.333. The molecular weight excluding hydrogens is 386 g/mol. The van der Waals surface area contributed by atoms with Gasteiger partial charge in [-0.25, -0.2) is 0 Å². The molecule has 0 N–H and O–H groups in total. The Labute approximate surface area is 166 Å². The number of nitrogens with zero attached hydrogens (tertiary/aromatic N) is 2. The second-order valence-electron chi connectivity index (χ2n) is 5.71. The summed E-state index contributed by atoms with van der Waals surface area (Å²) in [4.78, 5) is 4.90. The molecule has 0 bridgehead atoms. The fourth-order valence-corrected chi connectivity index (χ4v) is 3.28. The van der Waals surface area contributed by atoms with Gasteiger partial charge in [-0.15, -0.1) is 24.8 Å². The first-order chi connectivity index (χ1) is 10.6. The summed E-state index contributed by atoms with van der Waals surface area (Å²) in [6.07, 6.45) is 0. The highest BCUT2D eigenvalue weighted by molar-refractivity contribution is 6.42. The third kappa shape index (κ3) is 4.93. The van der Waals surface area contributed by atoms with Crippen LogP contribution < -0.4 is 4.90 Å². The van der Waals surface area contributed by atoms with Crippen molar-refractivity contribution < 1.29 is 0 Å². The molecule has 2 aromatic rings. The summed E-state index contributed by atoms with van der Waals surface area (Å²) in [7, 11) is 0. The molecule has 0 radical (unpaired) electrons. The lowest BCUT2D eigenvalue weighted by Gasteiger charge is -2.39. The lowest BCUT2D eigenvalue weighted by Crippen LogP contribution is -2.47. The number of rotatable bonds is 3. The topological polar surface area (TPSA) is 6.48 Å². The quantitative estimate of drug-likeness (QED) is 0.641. The van der Waals surface area contributed by atoms with Crippen LogP contribution in [0.1, 0.15) is 18.5 Å². The van der Waals surface area contributed by atoms with E-state index in [4.69, 9.17) is 23.2 Å². The average molecular weight is 408 g/mol. The van der Waals surface area contributed by atoms with Crippen molar-refractivity contribution in [2.24, 2.45) is 0 Å². The van der Waals surface area contributed by atoms with Crippen LogP contribution in [0.25, 0.3) is 0 Å². The molecule has 1 fully saturated rings. The van der Waals surface area contributed by atoms with Crippen LogP contribution in [-0.2, 0) is 0 Å². The van der Waals surface area contributed by atoms with E-state index >= 15 is 0 Å². The Morgan fingerprint density at radius 1 is 0.833 bits per heavy atom. The maximum absolute atomic E-state index is 6.12. The molecule has 0 saturated carbocycles. The highest BCUT2D eigenvalue weighted by Crippen LogP contribution is 2.29. The summed E-state index contributed by atoms with van der Waals surface area (Å²) in [5.74, 6) is 0. The molecule has 2 nitrogen and oxygen atoms in total. The minimum atomic E-state index is 0. The Morgan fingerprint density at radius 3 is 2.04 bits per heavy atom. The lowest BCUT2D eigenvalue weighted by atomic mass is 10.1. The lowest BCUT2D eigenvalue weighted by molar-refractivity contribution is 0.198. The van der Waals surface area contributed by atoms with Crippen molar-refractivity contribution in [3.05, 3.63) is 64.1 Å². The Hall–Kier alpha value is -0.640. The van der Waals surface area contributed by atoms with Gasteiger partial charge in [-0.1, -0.05) is 53.5 Å². The van der Waals surface area contributed by atoms with Crippen LogP contribution in [0.4, 0.5) is 5.69 Å². The number of piperazine rings is 1. The predicted octanol–water partition coefficient (Wildman–Crippen LogP) is 5.72. The van der Waals surface area contributed by atoms with Crippen LogP contribution in [0.3, 0.4) is 0 Å². The molecule has 132 valence electrons. The van der Waals surface area contributed by atoms with Crippen molar-refractivity contribution in [1.29, 1.82) is 0 Å². The Bertz CT molecular complexity index is 628. The van der Waals surface area contributed by atoms with E-state index in [0.29, 0.717) is 16.1 Å². The normalized spacial score (nSPS) is 16.0. The van der Waals surface area contributed by atoms with Gasteiger partial charge >= 0.3 is 0 Å². The summed E-state index contributed by atoms with van der Waals surface area (Å²) >= 11 is 12.1. The number of anilines is 1. The number of halogens is 4. The molecule has 1 heterocycles. The SMILES string of the molecule is CC(c1ccccc1)N1CCN(c2ccc(Cl)c(Cl)c2)CC1.Cl.Cl. The van der Waals surface area contributed by atoms with Crippen molar-refractivity contribution in [3.63, 3.8) is 0 Å². The van der Waals surface area contributed by atoms with Gasteiger partial charge in [0, 0.05) is 37.9 Å². The summed E-state index contributed by atoms with van der Waals surface area (Å²) in [6, 6.07) is 17.0. The van der Waals surface area contributed by atoms with Crippen LogP contribution in [0, 0.1) is 0 Å². The molecule has 1 aliphatic heterocycles. The van der Waals surface area contributed by atoms with Crippen LogP contribution in [0.15, 0.2) is 48.5 Å². The van der Waals surface area contributed by atoms with Crippen molar-refractivity contribution in [1.82, 2.24) is 4.90 Å². The maximum atomic E-state index is 6.12. The molecule has 0 spiro atoms. The van der Waals surface area contributed by atoms with Gasteiger partial charge in [-0.3, -0.25) is 4.90 Å². The van der Waals surface area contributed by atoms with E-state index in [1.165, 1.54) is 5.56 Å². The molecule has 2 aromatic carbocycles. The van der Waals surface area contributed by atoms with Gasteiger partial charge in [-0.2, -0.15) is 0 Å². The molecule has 0 amide bonds. The molecule has 1 unspecified atom stereocenters. The zero-order chi connectivity index (χ0) is 15.5. The third-order valence-electron chi connectivity index (χ3n) is 4.41. The van der Waals surface area contributed by atoms with Crippen molar-refractivity contribution >= 4 is 53.7 Å². The largest absolute Gasteiger partial charge is 0.369 e. The first kappa shape index (κ1) is 21.4. The minimum absolute atomic E-state index is 0. The molecule has 24 heavy (non-hydrogen) atoms. The van der Waals surface area contributed by atoms with Gasteiger partial charge < -0.3 is 4.90 Å². The first-order valence-corrected chi connectivity index (χ1v) is 8.40. The van der Waals surface area contributed by atoms with E-state index in [0.717, 1.165) is 31.9 Å². The van der Waals surface area contributed by atoms with Crippen molar-refractivity contribution in [2.45, 2.75) is 13.0 Å². The summed E-state index contributed by atoms with van der Waals surface area (Å²) in [6.45, 7) is 6.40. The number of hydrogen-bond donors (Lipinski definition) is 0. The fourth-order valence-electron chi connectivity index (χ4n) is 2.99. The predicted molar refractivity (Wildman–Crippen MR) is 110 cm³/mol. The zero-order valence-electron chi connectivity index (χ0n) is 13.5. The van der Waals surface area contributed by atoms with Crippen molar-refractivity contribution in [3.8, 4) is 0 Å². The summed E-state index contributed by atoms with van der Waals surface area (Å²) < 4.78 is 0. The molecule has 3 rings (SSSR count). The van der Waals surface area contributed by atoms with E-state index in [9.17, 15) is 0 Å². The standard InChI is InChI=1S/C18H20Cl2N2.2ClH/c1-14(15-5-3-2-4-6-15)21-9-11-22(12-10-21)16-7-8-17(19)18(20)13-16;;/h2-8,13-14H,9-12H2,1H3;2*1H. The second-order valence-corrected chi connectivity index (χ2v) is 6.52. The van der Waals surface area contributed by atoms with Crippen molar-refractivity contribution in [2.75, 3.05) is 31.1 Å². The molecule has 0 aromatic heterocycles. The maximum Gasteiger partial charge on any atom is 0.0612 e. The first-order valence-electron chi connectivity index (χ1n) is 7.64. The molecule has 1 aliphatic rings. The second kappa shape index (κ2) is 9.74. The highest BCUT2D eigenvalue weighted by Gasteiger charge is 2.22. The Balaban J connectivity index is 0.00000144. The van der Waals surface area contributed by atoms with Crippen LogP contribution in [-0.4, -0.2) is 31.1 Å². The van der Waals surface area contributed by atoms with E-state index in [-0.39, 0.29) is 24.8 Å². The third-order valence-corrected chi connectivity index (χ3v) is 5.15. The van der Waals surface area contributed by atoms with E-state index in [1.54, 1.807) is 0 Å².